The summed E-state index contributed by atoms with van der Waals surface area (Å²) in [7, 11) is -3.48. The van der Waals surface area contributed by atoms with Gasteiger partial charge in [0.2, 0.25) is 16.0 Å². The van der Waals surface area contributed by atoms with Crippen molar-refractivity contribution < 1.29 is 13.2 Å². The number of halogens is 2. The van der Waals surface area contributed by atoms with E-state index in [0.29, 0.717) is 32.8 Å². The number of nitriles is 1. The number of fused-ring (bicyclic) bond motifs is 1. The van der Waals surface area contributed by atoms with Gasteiger partial charge in [-0.05, 0) is 42.3 Å². The molecule has 2 aromatic carbocycles. The number of anilines is 1. The normalized spacial score (nSPS) is 13.1. The third-order valence-electron chi connectivity index (χ3n) is 4.80. The van der Waals surface area contributed by atoms with Gasteiger partial charge in [-0.25, -0.2) is 18.4 Å². The topological polar surface area (TPSA) is 143 Å². The quantitative estimate of drug-likeness (QED) is 0.309. The lowest BCUT2D eigenvalue weighted by atomic mass is 10.0. The Bertz CT molecular complexity index is 1450. The molecular weight excluding hydrogens is 511 g/mol. The summed E-state index contributed by atoms with van der Waals surface area (Å²) in [4.78, 5) is 12.8. The van der Waals surface area contributed by atoms with Gasteiger partial charge in [-0.3, -0.25) is 9.71 Å². The number of rotatable bonds is 9. The maximum absolute atomic E-state index is 11.4. The number of benzene rings is 2. The first-order valence-electron chi connectivity index (χ1n) is 10.3. The Morgan fingerprint density at radius 3 is 2.80 bits per heavy atom. The van der Waals surface area contributed by atoms with Crippen molar-refractivity contribution in [3.8, 4) is 11.8 Å². The van der Waals surface area contributed by atoms with E-state index in [1.165, 1.54) is 12.4 Å². The lowest BCUT2D eigenvalue weighted by Crippen LogP contribution is -2.12. The minimum Gasteiger partial charge on any atom is -0.489 e. The number of nitrogens with two attached hydrogens (primary N) is 1. The van der Waals surface area contributed by atoms with Crippen molar-refractivity contribution in [2.75, 3.05) is 23.5 Å². The Morgan fingerprint density at radius 1 is 1.37 bits per heavy atom. The highest BCUT2D eigenvalue weighted by atomic mass is 35.5. The van der Waals surface area contributed by atoms with Crippen LogP contribution in [0.2, 0.25) is 5.02 Å². The zero-order chi connectivity index (χ0) is 25.6. The summed E-state index contributed by atoms with van der Waals surface area (Å²) < 4.78 is 30.5. The van der Waals surface area contributed by atoms with E-state index in [9.17, 15) is 13.7 Å². The summed E-state index contributed by atoms with van der Waals surface area (Å²) in [5.74, 6) is 0.565. The molecule has 0 aliphatic carbocycles. The van der Waals surface area contributed by atoms with Gasteiger partial charge in [0.15, 0.2) is 5.75 Å². The van der Waals surface area contributed by atoms with E-state index in [1.807, 2.05) is 13.0 Å². The number of hydrogen-bond donors (Lipinski definition) is 2. The number of hydrogen-bond acceptors (Lipinski definition) is 8. The molecule has 0 saturated carbocycles. The molecule has 0 amide bonds. The van der Waals surface area contributed by atoms with Gasteiger partial charge < -0.3 is 10.5 Å². The van der Waals surface area contributed by atoms with E-state index in [4.69, 9.17) is 33.7 Å². The number of allylic oxidation sites excluding steroid dienone is 1. The van der Waals surface area contributed by atoms with E-state index in [0.717, 1.165) is 17.4 Å². The van der Waals surface area contributed by atoms with Gasteiger partial charge in [0, 0.05) is 29.6 Å². The van der Waals surface area contributed by atoms with Crippen molar-refractivity contribution in [1.29, 1.82) is 5.26 Å². The Balaban J connectivity index is 1.84. The third-order valence-corrected chi connectivity index (χ3v) is 5.79. The summed E-state index contributed by atoms with van der Waals surface area (Å²) in [6.45, 7) is 2.10. The van der Waals surface area contributed by atoms with Crippen LogP contribution >= 0.6 is 23.2 Å². The highest BCUT2D eigenvalue weighted by molar-refractivity contribution is 7.91. The fourth-order valence-corrected chi connectivity index (χ4v) is 3.94. The van der Waals surface area contributed by atoms with Crippen molar-refractivity contribution in [1.82, 2.24) is 9.97 Å². The molecule has 1 aromatic heterocycles. The molecule has 12 heteroatoms. The predicted octanol–water partition coefficient (Wildman–Crippen LogP) is 4.28. The number of sulfonamides is 1. The summed E-state index contributed by atoms with van der Waals surface area (Å²) in [6.07, 6.45) is 5.60. The zero-order valence-corrected chi connectivity index (χ0v) is 21.2. The number of nitrogens with zero attached hydrogens (tertiary/aromatic N) is 4. The average Bonchev–Trinajstić information content (AvgIpc) is 2.82. The van der Waals surface area contributed by atoms with E-state index in [2.05, 4.69) is 25.8 Å². The van der Waals surface area contributed by atoms with E-state index in [-0.39, 0.29) is 24.5 Å². The van der Waals surface area contributed by atoms with Gasteiger partial charge in [-0.2, -0.15) is 5.26 Å². The van der Waals surface area contributed by atoms with Crippen LogP contribution in [0, 0.1) is 11.3 Å². The number of aliphatic imine (C=N–C) groups is 1. The largest absolute Gasteiger partial charge is 0.489 e. The molecule has 3 N–H and O–H groups in total. The fourth-order valence-electron chi connectivity index (χ4n) is 3.15. The summed E-state index contributed by atoms with van der Waals surface area (Å²) in [5.41, 5.74) is 8.86. The molecule has 0 aliphatic rings. The molecule has 1 heterocycles. The molecule has 0 aliphatic heterocycles. The molecule has 35 heavy (non-hydrogen) atoms. The molecule has 9 nitrogen and oxygen atoms in total. The van der Waals surface area contributed by atoms with Gasteiger partial charge in [-0.1, -0.05) is 17.7 Å². The first kappa shape index (κ1) is 26.2. The second kappa shape index (κ2) is 11.4. The van der Waals surface area contributed by atoms with E-state index in [1.54, 1.807) is 30.5 Å². The van der Waals surface area contributed by atoms with Gasteiger partial charge in [0.1, 0.15) is 12.7 Å². The SMILES string of the molecule is CC(N=CC(=CN)c1ccc2nc(NS(C)(=O)=O)ncc2c1)c1cc(Cl)c(OCCCl)c(C#N)c1. The number of ether oxygens (including phenoxy) is 1. The van der Waals surface area contributed by atoms with Crippen molar-refractivity contribution in [2.24, 2.45) is 10.7 Å². The highest BCUT2D eigenvalue weighted by Gasteiger charge is 2.14. The Kier molecular flexibility index (Phi) is 8.51. The van der Waals surface area contributed by atoms with Crippen LogP contribution in [0.4, 0.5) is 5.95 Å². The number of nitrogens with one attached hydrogen (secondary N) is 1. The molecule has 0 saturated heterocycles. The van der Waals surface area contributed by atoms with Crippen LogP contribution in [-0.4, -0.2) is 43.3 Å². The number of alkyl halides is 1. The maximum atomic E-state index is 11.4. The van der Waals surface area contributed by atoms with Gasteiger partial charge in [0.25, 0.3) is 0 Å². The molecule has 1 atom stereocenters. The van der Waals surface area contributed by atoms with Crippen LogP contribution in [0.5, 0.6) is 5.75 Å². The van der Waals surface area contributed by atoms with Crippen LogP contribution in [-0.2, 0) is 10.0 Å². The van der Waals surface area contributed by atoms with Crippen LogP contribution in [0.25, 0.3) is 16.5 Å². The summed E-state index contributed by atoms with van der Waals surface area (Å²) in [5, 5.41) is 10.5. The lowest BCUT2D eigenvalue weighted by Gasteiger charge is -2.13. The zero-order valence-electron chi connectivity index (χ0n) is 18.9. The van der Waals surface area contributed by atoms with Crippen LogP contribution in [0.15, 0.2) is 47.7 Å². The lowest BCUT2D eigenvalue weighted by molar-refractivity contribution is 0.342. The first-order valence-corrected chi connectivity index (χ1v) is 13.1. The molecule has 182 valence electrons. The molecule has 0 spiro atoms. The smallest absolute Gasteiger partial charge is 0.237 e. The fraction of sp³-hybridized carbons (Fsp3) is 0.217. The minimum absolute atomic E-state index is 0.00722. The molecule has 0 bridgehead atoms. The van der Waals surface area contributed by atoms with E-state index < -0.39 is 10.0 Å². The number of aromatic nitrogens is 2. The van der Waals surface area contributed by atoms with Crippen LogP contribution in [0.3, 0.4) is 0 Å². The summed E-state index contributed by atoms with van der Waals surface area (Å²) >= 11 is 12.0. The third kappa shape index (κ3) is 6.82. The highest BCUT2D eigenvalue weighted by Crippen LogP contribution is 2.33. The predicted molar refractivity (Wildman–Crippen MR) is 139 cm³/mol. The molecule has 3 rings (SSSR count). The monoisotopic (exact) mass is 532 g/mol. The van der Waals surface area contributed by atoms with Crippen molar-refractivity contribution in [2.45, 2.75) is 13.0 Å². The van der Waals surface area contributed by atoms with Crippen LogP contribution in [0.1, 0.15) is 29.7 Å². The van der Waals surface area contributed by atoms with Crippen molar-refractivity contribution in [3.63, 3.8) is 0 Å². The molecule has 1 unspecified atom stereocenters. The molecule has 3 aromatic rings. The minimum atomic E-state index is -3.48. The second-order valence-corrected chi connectivity index (χ2v) is 9.98. The van der Waals surface area contributed by atoms with Gasteiger partial charge >= 0.3 is 0 Å². The Labute approximate surface area is 213 Å². The molecule has 0 fully saturated rings. The Hall–Kier alpha value is -3.39. The molecule has 0 radical (unpaired) electrons. The van der Waals surface area contributed by atoms with Crippen LogP contribution < -0.4 is 15.2 Å². The van der Waals surface area contributed by atoms with E-state index >= 15 is 0 Å². The Morgan fingerprint density at radius 2 is 2.14 bits per heavy atom. The first-order chi connectivity index (χ1) is 16.6. The average molecular weight is 533 g/mol. The van der Waals surface area contributed by atoms with Crippen molar-refractivity contribution in [3.05, 3.63) is 64.4 Å². The van der Waals surface area contributed by atoms with Crippen molar-refractivity contribution >= 4 is 61.9 Å². The van der Waals surface area contributed by atoms with Gasteiger partial charge in [-0.15, -0.1) is 11.6 Å². The molecular formula is C23H22Cl2N6O3S. The van der Waals surface area contributed by atoms with Gasteiger partial charge in [0.05, 0.1) is 34.3 Å². The second-order valence-electron chi connectivity index (χ2n) is 7.45. The standard InChI is InChI=1S/C23H22Cl2N6O3S/c1-14(16-8-17(10-26)22(20(25)9-16)34-6-5-24)28-13-19(11-27)15-3-4-21-18(7-15)12-29-23(30-21)31-35(2,32)33/h3-4,7-9,11-14H,5-6,27H2,1-2H3,(H,29,30,31). The summed E-state index contributed by atoms with van der Waals surface area (Å²) in [6, 6.07) is 10.5. The maximum Gasteiger partial charge on any atom is 0.237 e.